The molecule has 1 unspecified atom stereocenters. The zero-order chi connectivity index (χ0) is 15.3. The molecule has 1 rings (SSSR count). The molecular weight excluding hydrogens is 258 g/mol. The zero-order valence-corrected chi connectivity index (χ0v) is 12.7. The maximum Gasteiger partial charge on any atom is 0.296 e. The summed E-state index contributed by atoms with van der Waals surface area (Å²) in [6.07, 6.45) is 0. The fourth-order valence-corrected chi connectivity index (χ4v) is 1.93. The fourth-order valence-electron chi connectivity index (χ4n) is 1.93. The van der Waals surface area contributed by atoms with Gasteiger partial charge in [0, 0.05) is 12.6 Å². The van der Waals surface area contributed by atoms with Crippen LogP contribution in [0.4, 0.5) is 11.4 Å². The molecule has 0 aliphatic carbocycles. The molecule has 20 heavy (non-hydrogen) atoms. The summed E-state index contributed by atoms with van der Waals surface area (Å²) in [5.41, 5.74) is 0.560. The van der Waals surface area contributed by atoms with Gasteiger partial charge in [0.15, 0.2) is 0 Å². The van der Waals surface area contributed by atoms with Crippen LogP contribution in [-0.4, -0.2) is 43.6 Å². The SMILES string of the molecule is COc1ccc(NC(CN(C)C)C(C)C)c([N+](=O)[O-])c1. The number of methoxy groups -OCH3 is 1. The van der Waals surface area contributed by atoms with Gasteiger partial charge in [-0.05, 0) is 32.1 Å². The minimum atomic E-state index is -0.391. The van der Waals surface area contributed by atoms with Crippen LogP contribution < -0.4 is 10.1 Å². The summed E-state index contributed by atoms with van der Waals surface area (Å²) in [4.78, 5) is 12.8. The van der Waals surface area contributed by atoms with Crippen molar-refractivity contribution in [2.75, 3.05) is 33.1 Å². The average molecular weight is 281 g/mol. The molecule has 0 radical (unpaired) electrons. The second kappa shape index (κ2) is 7.09. The smallest absolute Gasteiger partial charge is 0.296 e. The third-order valence-electron chi connectivity index (χ3n) is 3.11. The predicted octanol–water partition coefficient (Wildman–Crippen LogP) is 2.60. The summed E-state index contributed by atoms with van der Waals surface area (Å²) >= 11 is 0. The minimum absolute atomic E-state index is 0.0359. The summed E-state index contributed by atoms with van der Waals surface area (Å²) in [5, 5.41) is 14.4. The van der Waals surface area contributed by atoms with E-state index in [1.54, 1.807) is 12.1 Å². The van der Waals surface area contributed by atoms with Crippen molar-refractivity contribution in [3.63, 3.8) is 0 Å². The maximum atomic E-state index is 11.2. The van der Waals surface area contributed by atoms with Crippen molar-refractivity contribution in [1.82, 2.24) is 4.90 Å². The van der Waals surface area contributed by atoms with Crippen molar-refractivity contribution in [2.45, 2.75) is 19.9 Å². The number of likely N-dealkylation sites (N-methyl/N-ethyl adjacent to an activating group) is 1. The molecule has 112 valence electrons. The van der Waals surface area contributed by atoms with Gasteiger partial charge >= 0.3 is 0 Å². The first-order chi connectivity index (χ1) is 9.35. The Balaban J connectivity index is 3.02. The van der Waals surface area contributed by atoms with Crippen molar-refractivity contribution >= 4 is 11.4 Å². The molecule has 0 heterocycles. The van der Waals surface area contributed by atoms with Gasteiger partial charge in [-0.1, -0.05) is 13.8 Å². The fraction of sp³-hybridized carbons (Fsp3) is 0.571. The lowest BCUT2D eigenvalue weighted by atomic mass is 10.0. The summed E-state index contributed by atoms with van der Waals surface area (Å²) < 4.78 is 5.04. The van der Waals surface area contributed by atoms with Crippen LogP contribution in [0.2, 0.25) is 0 Å². The van der Waals surface area contributed by atoms with E-state index in [0.717, 1.165) is 6.54 Å². The van der Waals surface area contributed by atoms with Gasteiger partial charge in [0.1, 0.15) is 11.4 Å². The van der Waals surface area contributed by atoms with E-state index < -0.39 is 4.92 Å². The van der Waals surface area contributed by atoms with Crippen LogP contribution in [0.5, 0.6) is 5.75 Å². The Bertz CT molecular complexity index is 461. The molecule has 1 N–H and O–H groups in total. The number of nitrogens with zero attached hydrogens (tertiary/aromatic N) is 2. The number of anilines is 1. The molecule has 0 spiro atoms. The Morgan fingerprint density at radius 2 is 2.05 bits per heavy atom. The van der Waals surface area contributed by atoms with Gasteiger partial charge in [-0.25, -0.2) is 0 Å². The van der Waals surface area contributed by atoms with Gasteiger partial charge in [-0.15, -0.1) is 0 Å². The highest BCUT2D eigenvalue weighted by Gasteiger charge is 2.20. The third kappa shape index (κ3) is 4.38. The van der Waals surface area contributed by atoms with E-state index in [-0.39, 0.29) is 11.7 Å². The molecule has 0 aliphatic rings. The number of nitro groups is 1. The first-order valence-corrected chi connectivity index (χ1v) is 6.58. The molecule has 1 atom stereocenters. The number of ether oxygens (including phenoxy) is 1. The highest BCUT2D eigenvalue weighted by atomic mass is 16.6. The van der Waals surface area contributed by atoms with Crippen molar-refractivity contribution in [3.8, 4) is 5.75 Å². The summed E-state index contributed by atoms with van der Waals surface area (Å²) in [7, 11) is 5.47. The maximum absolute atomic E-state index is 11.2. The van der Waals surface area contributed by atoms with Crippen LogP contribution in [0.1, 0.15) is 13.8 Å². The molecule has 1 aromatic carbocycles. The summed E-state index contributed by atoms with van der Waals surface area (Å²) in [5.74, 6) is 0.843. The van der Waals surface area contributed by atoms with Gasteiger partial charge in [-0.2, -0.15) is 0 Å². The van der Waals surface area contributed by atoms with E-state index in [1.165, 1.54) is 13.2 Å². The summed E-state index contributed by atoms with van der Waals surface area (Å²) in [6.45, 7) is 4.99. The van der Waals surface area contributed by atoms with E-state index >= 15 is 0 Å². The van der Waals surface area contributed by atoms with Gasteiger partial charge in [-0.3, -0.25) is 10.1 Å². The van der Waals surface area contributed by atoms with Crippen molar-refractivity contribution in [3.05, 3.63) is 28.3 Å². The first-order valence-electron chi connectivity index (χ1n) is 6.58. The molecule has 6 nitrogen and oxygen atoms in total. The molecule has 0 fully saturated rings. The van der Waals surface area contributed by atoms with E-state index in [2.05, 4.69) is 24.1 Å². The van der Waals surface area contributed by atoms with Crippen molar-refractivity contribution < 1.29 is 9.66 Å². The van der Waals surface area contributed by atoms with Crippen LogP contribution in [0.25, 0.3) is 0 Å². The van der Waals surface area contributed by atoms with Gasteiger partial charge in [0.2, 0.25) is 0 Å². The van der Waals surface area contributed by atoms with E-state index in [0.29, 0.717) is 17.4 Å². The van der Waals surface area contributed by atoms with Gasteiger partial charge < -0.3 is 15.0 Å². The monoisotopic (exact) mass is 281 g/mol. The molecule has 0 amide bonds. The van der Waals surface area contributed by atoms with Crippen LogP contribution in [0, 0.1) is 16.0 Å². The predicted molar refractivity (Wildman–Crippen MR) is 80.5 cm³/mol. The number of hydrogen-bond donors (Lipinski definition) is 1. The molecular formula is C14H23N3O3. The lowest BCUT2D eigenvalue weighted by molar-refractivity contribution is -0.384. The quantitative estimate of drug-likeness (QED) is 0.614. The molecule has 0 saturated heterocycles. The highest BCUT2D eigenvalue weighted by Crippen LogP contribution is 2.30. The van der Waals surface area contributed by atoms with Crippen molar-refractivity contribution in [1.29, 1.82) is 0 Å². The van der Waals surface area contributed by atoms with Gasteiger partial charge in [0.05, 0.1) is 18.1 Å². The molecule has 1 aromatic rings. The second-order valence-electron chi connectivity index (χ2n) is 5.40. The van der Waals surface area contributed by atoms with Gasteiger partial charge in [0.25, 0.3) is 5.69 Å². The Labute approximate surface area is 119 Å². The number of hydrogen-bond acceptors (Lipinski definition) is 5. The Kier molecular flexibility index (Phi) is 5.76. The number of benzene rings is 1. The van der Waals surface area contributed by atoms with E-state index in [9.17, 15) is 10.1 Å². The lowest BCUT2D eigenvalue weighted by Gasteiger charge is -2.26. The lowest BCUT2D eigenvalue weighted by Crippen LogP contribution is -2.36. The number of nitrogens with one attached hydrogen (secondary N) is 1. The molecule has 0 aliphatic heterocycles. The normalized spacial score (nSPS) is 12.6. The van der Waals surface area contributed by atoms with Crippen LogP contribution in [-0.2, 0) is 0 Å². The van der Waals surface area contributed by atoms with Crippen LogP contribution >= 0.6 is 0 Å². The van der Waals surface area contributed by atoms with Crippen molar-refractivity contribution in [2.24, 2.45) is 5.92 Å². The molecule has 6 heteroatoms. The molecule has 0 bridgehead atoms. The molecule has 0 saturated carbocycles. The summed E-state index contributed by atoms with van der Waals surface area (Å²) in [6, 6.07) is 5.00. The van der Waals surface area contributed by atoms with E-state index in [4.69, 9.17) is 4.74 Å². The average Bonchev–Trinajstić information content (AvgIpc) is 2.37. The highest BCUT2D eigenvalue weighted by molar-refractivity contribution is 5.64. The third-order valence-corrected chi connectivity index (χ3v) is 3.11. The van der Waals surface area contributed by atoms with E-state index in [1.807, 2.05) is 14.1 Å². The largest absolute Gasteiger partial charge is 0.496 e. The first kappa shape index (κ1) is 16.2. The number of rotatable bonds is 7. The Morgan fingerprint density at radius 3 is 2.50 bits per heavy atom. The topological polar surface area (TPSA) is 67.6 Å². The second-order valence-corrected chi connectivity index (χ2v) is 5.40. The molecule has 0 aromatic heterocycles. The minimum Gasteiger partial charge on any atom is -0.496 e. The zero-order valence-electron chi connectivity index (χ0n) is 12.7. The number of nitro benzene ring substituents is 1. The standard InChI is InChI=1S/C14H23N3O3/c1-10(2)13(9-16(3)4)15-12-7-6-11(20-5)8-14(12)17(18)19/h6-8,10,13,15H,9H2,1-5H3. The Hall–Kier alpha value is -1.82. The van der Waals surface area contributed by atoms with Crippen LogP contribution in [0.15, 0.2) is 18.2 Å². The Morgan fingerprint density at radius 1 is 1.40 bits per heavy atom. The van der Waals surface area contributed by atoms with Crippen LogP contribution in [0.3, 0.4) is 0 Å².